The number of carbonyl (C=O) groups is 1. The van der Waals surface area contributed by atoms with Gasteiger partial charge in [-0.2, -0.15) is 0 Å². The lowest BCUT2D eigenvalue weighted by Crippen LogP contribution is -2.11. The van der Waals surface area contributed by atoms with Gasteiger partial charge in [0.25, 0.3) is 0 Å². The average Bonchev–Trinajstić information content (AvgIpc) is 2.83. The number of hydrogen-bond donors (Lipinski definition) is 2. The first kappa shape index (κ1) is 19.5. The molecular formula is C23H24O5. The molecule has 0 saturated heterocycles. The largest absolute Gasteiger partial charge is 0.508 e. The Hall–Kier alpha value is -3.21. The van der Waals surface area contributed by atoms with E-state index < -0.39 is 5.97 Å². The molecule has 0 aromatic heterocycles. The molecule has 2 aromatic rings. The first-order valence-electron chi connectivity index (χ1n) is 9.10. The van der Waals surface area contributed by atoms with Crippen LogP contribution >= 0.6 is 0 Å². The zero-order valence-corrected chi connectivity index (χ0v) is 16.9. The zero-order valence-electron chi connectivity index (χ0n) is 16.9. The van der Waals surface area contributed by atoms with E-state index in [4.69, 9.17) is 9.47 Å². The first-order chi connectivity index (χ1) is 13.2. The van der Waals surface area contributed by atoms with Crippen molar-refractivity contribution in [2.45, 2.75) is 41.5 Å². The molecular weight excluding hydrogens is 356 g/mol. The second-order valence-electron chi connectivity index (χ2n) is 6.93. The standard InChI is InChI=1S/C23H24O5/c1-7-11(3)15-9-17(24)13(5)20-19(15)23(26)28-21-14(6)18(25)10-16(12(4)8-2)22(21)27-20/h7-10,24-25H,1-6H3. The maximum atomic E-state index is 13.1. The lowest BCUT2D eigenvalue weighted by molar-refractivity contribution is 0.0735. The van der Waals surface area contributed by atoms with Crippen LogP contribution in [0.2, 0.25) is 0 Å². The number of fused-ring (bicyclic) bond motifs is 2. The van der Waals surface area contributed by atoms with Crippen LogP contribution in [0.3, 0.4) is 0 Å². The topological polar surface area (TPSA) is 76.0 Å². The average molecular weight is 380 g/mol. The van der Waals surface area contributed by atoms with Crippen molar-refractivity contribution >= 4 is 17.1 Å². The Morgan fingerprint density at radius 2 is 1.32 bits per heavy atom. The van der Waals surface area contributed by atoms with Crippen molar-refractivity contribution in [3.63, 3.8) is 0 Å². The third kappa shape index (κ3) is 2.93. The van der Waals surface area contributed by atoms with Gasteiger partial charge in [-0.15, -0.1) is 0 Å². The molecule has 2 N–H and O–H groups in total. The summed E-state index contributed by atoms with van der Waals surface area (Å²) < 4.78 is 11.9. The molecule has 1 aliphatic rings. The monoisotopic (exact) mass is 380 g/mol. The van der Waals surface area contributed by atoms with Crippen LogP contribution in [0.4, 0.5) is 0 Å². The Morgan fingerprint density at radius 3 is 1.89 bits per heavy atom. The van der Waals surface area contributed by atoms with Crippen LogP contribution in [-0.4, -0.2) is 16.2 Å². The van der Waals surface area contributed by atoms with Gasteiger partial charge in [-0.3, -0.25) is 0 Å². The summed E-state index contributed by atoms with van der Waals surface area (Å²) in [5, 5.41) is 20.8. The van der Waals surface area contributed by atoms with Gasteiger partial charge in [0.1, 0.15) is 22.8 Å². The van der Waals surface area contributed by atoms with Crippen molar-refractivity contribution in [1.29, 1.82) is 0 Å². The van der Waals surface area contributed by atoms with Crippen LogP contribution in [0.1, 0.15) is 60.3 Å². The molecule has 5 heteroatoms. The molecule has 0 radical (unpaired) electrons. The molecule has 0 atom stereocenters. The van der Waals surface area contributed by atoms with Gasteiger partial charge in [-0.05, 0) is 70.4 Å². The number of phenolic OH excluding ortho intramolecular Hbond substituents is 2. The van der Waals surface area contributed by atoms with E-state index in [1.54, 1.807) is 26.0 Å². The van der Waals surface area contributed by atoms with Crippen molar-refractivity contribution in [3.8, 4) is 28.7 Å². The van der Waals surface area contributed by atoms with Gasteiger partial charge >= 0.3 is 5.97 Å². The molecule has 0 bridgehead atoms. The van der Waals surface area contributed by atoms with Gasteiger partial charge in [0.15, 0.2) is 11.5 Å². The molecule has 0 unspecified atom stereocenters. The molecule has 5 nitrogen and oxygen atoms in total. The second kappa shape index (κ2) is 7.08. The molecule has 0 aliphatic carbocycles. The van der Waals surface area contributed by atoms with Crippen molar-refractivity contribution in [2.24, 2.45) is 0 Å². The third-order valence-electron chi connectivity index (χ3n) is 5.28. The predicted octanol–water partition coefficient (Wildman–Crippen LogP) is 5.89. The number of rotatable bonds is 2. The number of allylic oxidation sites excluding steroid dienone is 4. The summed E-state index contributed by atoms with van der Waals surface area (Å²) >= 11 is 0. The fraction of sp³-hybridized carbons (Fsp3) is 0.261. The molecule has 0 fully saturated rings. The van der Waals surface area contributed by atoms with Gasteiger partial charge in [0, 0.05) is 16.7 Å². The highest BCUT2D eigenvalue weighted by atomic mass is 16.6. The maximum absolute atomic E-state index is 13.1. The van der Waals surface area contributed by atoms with E-state index in [9.17, 15) is 15.0 Å². The third-order valence-corrected chi connectivity index (χ3v) is 5.28. The van der Waals surface area contributed by atoms with E-state index in [1.807, 2.05) is 39.8 Å². The van der Waals surface area contributed by atoms with Gasteiger partial charge in [-0.1, -0.05) is 12.2 Å². The van der Waals surface area contributed by atoms with E-state index in [2.05, 4.69) is 0 Å². The van der Waals surface area contributed by atoms with E-state index in [0.717, 1.165) is 11.1 Å². The highest BCUT2D eigenvalue weighted by Gasteiger charge is 2.32. The van der Waals surface area contributed by atoms with Crippen molar-refractivity contribution in [3.05, 3.63) is 52.1 Å². The van der Waals surface area contributed by atoms with Crippen LogP contribution < -0.4 is 9.47 Å². The number of phenols is 2. The van der Waals surface area contributed by atoms with Crippen molar-refractivity contribution in [2.75, 3.05) is 0 Å². The summed E-state index contributed by atoms with van der Waals surface area (Å²) in [4.78, 5) is 13.1. The molecule has 28 heavy (non-hydrogen) atoms. The SMILES string of the molecule is CC=C(C)c1cc(O)c(C)c2c1Oc1c(C)c(O)cc(C(C)=CC)c1C(=O)O2. The first-order valence-corrected chi connectivity index (χ1v) is 9.10. The molecule has 1 aliphatic heterocycles. The minimum Gasteiger partial charge on any atom is -0.508 e. The Labute approximate surface area is 164 Å². The molecule has 1 heterocycles. The zero-order chi connectivity index (χ0) is 20.7. The molecule has 146 valence electrons. The Kier molecular flexibility index (Phi) is 4.94. The fourth-order valence-corrected chi connectivity index (χ4v) is 3.18. The van der Waals surface area contributed by atoms with Crippen molar-refractivity contribution in [1.82, 2.24) is 0 Å². The van der Waals surface area contributed by atoms with Crippen LogP contribution in [0, 0.1) is 13.8 Å². The smallest absolute Gasteiger partial charge is 0.348 e. The molecule has 2 aromatic carbocycles. The van der Waals surface area contributed by atoms with Gasteiger partial charge < -0.3 is 19.7 Å². The lowest BCUT2D eigenvalue weighted by atomic mass is 9.96. The van der Waals surface area contributed by atoms with Crippen LogP contribution in [0.15, 0.2) is 24.3 Å². The highest BCUT2D eigenvalue weighted by molar-refractivity contribution is 6.02. The van der Waals surface area contributed by atoms with Crippen LogP contribution in [0.25, 0.3) is 11.1 Å². The minimum absolute atomic E-state index is 0.0155. The minimum atomic E-state index is -0.592. The summed E-state index contributed by atoms with van der Waals surface area (Å²) in [6.07, 6.45) is 3.73. The number of hydrogen-bond acceptors (Lipinski definition) is 5. The Morgan fingerprint density at radius 1 is 0.821 bits per heavy atom. The lowest BCUT2D eigenvalue weighted by Gasteiger charge is -2.17. The Bertz CT molecular complexity index is 1060. The molecule has 0 spiro atoms. The maximum Gasteiger partial charge on any atom is 0.348 e. The van der Waals surface area contributed by atoms with E-state index in [1.165, 1.54) is 0 Å². The fourth-order valence-electron chi connectivity index (χ4n) is 3.18. The van der Waals surface area contributed by atoms with E-state index in [-0.39, 0.29) is 28.6 Å². The summed E-state index contributed by atoms with van der Waals surface area (Å²) in [5.74, 6) is 0.241. The Balaban J connectivity index is 2.41. The van der Waals surface area contributed by atoms with E-state index >= 15 is 0 Å². The van der Waals surface area contributed by atoms with Gasteiger partial charge in [0.05, 0.1) is 0 Å². The van der Waals surface area contributed by atoms with Crippen LogP contribution in [0.5, 0.6) is 28.7 Å². The number of carbonyl (C=O) groups excluding carboxylic acids is 1. The molecule has 0 saturated carbocycles. The predicted molar refractivity (Wildman–Crippen MR) is 109 cm³/mol. The highest BCUT2D eigenvalue weighted by Crippen LogP contribution is 2.50. The molecule has 3 rings (SSSR count). The summed E-state index contributed by atoms with van der Waals surface area (Å²) in [7, 11) is 0. The quantitative estimate of drug-likeness (QED) is 0.502. The number of ether oxygens (including phenoxy) is 2. The normalized spacial score (nSPS) is 14.0. The number of esters is 1. The number of aromatic hydroxyl groups is 2. The van der Waals surface area contributed by atoms with Gasteiger partial charge in [-0.25, -0.2) is 4.79 Å². The molecule has 0 amide bonds. The number of benzene rings is 2. The van der Waals surface area contributed by atoms with Crippen molar-refractivity contribution < 1.29 is 24.5 Å². The summed E-state index contributed by atoms with van der Waals surface area (Å²) in [6, 6.07) is 3.14. The summed E-state index contributed by atoms with van der Waals surface area (Å²) in [6.45, 7) is 10.8. The van der Waals surface area contributed by atoms with E-state index in [0.29, 0.717) is 28.0 Å². The second-order valence-corrected chi connectivity index (χ2v) is 6.93. The van der Waals surface area contributed by atoms with Crippen LogP contribution in [-0.2, 0) is 0 Å². The van der Waals surface area contributed by atoms with Gasteiger partial charge in [0.2, 0.25) is 0 Å². The summed E-state index contributed by atoms with van der Waals surface area (Å²) in [5.41, 5.74) is 3.94.